The van der Waals surface area contributed by atoms with Gasteiger partial charge in [0.25, 0.3) is 5.91 Å². The molecule has 1 saturated heterocycles. The summed E-state index contributed by atoms with van der Waals surface area (Å²) < 4.78 is 13.6. The maximum Gasteiger partial charge on any atom is 0.253 e. The molecule has 1 aliphatic heterocycles. The number of benzene rings is 1. The molecule has 1 fully saturated rings. The third-order valence-electron chi connectivity index (χ3n) is 3.69. The molecular weight excluding hydrogens is 323 g/mol. The van der Waals surface area contributed by atoms with E-state index >= 15 is 0 Å². The Morgan fingerprint density at radius 1 is 1.50 bits per heavy atom. The molecule has 1 aliphatic rings. The van der Waals surface area contributed by atoms with Gasteiger partial charge >= 0.3 is 0 Å². The summed E-state index contributed by atoms with van der Waals surface area (Å²) in [6.07, 6.45) is 3.53. The van der Waals surface area contributed by atoms with Crippen LogP contribution in [0.15, 0.2) is 22.7 Å². The summed E-state index contributed by atoms with van der Waals surface area (Å²) >= 11 is 3.13. The number of likely N-dealkylation sites (N-methyl/N-ethyl adjacent to an activating group) is 1. The number of rotatable bonds is 4. The molecule has 0 spiro atoms. The summed E-state index contributed by atoms with van der Waals surface area (Å²) in [6, 6.07) is 4.79. The Bertz CT molecular complexity index is 475. The zero-order valence-electron chi connectivity index (χ0n) is 11.7. The number of halogens is 2. The molecule has 0 bridgehead atoms. The fourth-order valence-corrected chi connectivity index (χ4v) is 2.89. The highest BCUT2D eigenvalue weighted by Gasteiger charge is 2.20. The second-order valence-corrected chi connectivity index (χ2v) is 5.97. The van der Waals surface area contributed by atoms with Crippen LogP contribution in [0.4, 0.5) is 4.39 Å². The first-order valence-electron chi connectivity index (χ1n) is 7.09. The van der Waals surface area contributed by atoms with Crippen LogP contribution in [0, 0.1) is 5.82 Å². The van der Waals surface area contributed by atoms with Crippen LogP contribution in [0.2, 0.25) is 0 Å². The normalized spacial score (nSPS) is 18.9. The standard InChI is InChI=1S/C15H20BrFN2O/c1-2-19(10-12-5-3-4-8-18-12)15(20)11-6-7-14(17)13(16)9-11/h6-7,9,12,18H,2-5,8,10H2,1H3. The molecule has 1 unspecified atom stereocenters. The number of amides is 1. The Kier molecular flexibility index (Phi) is 5.54. The average molecular weight is 343 g/mol. The lowest BCUT2D eigenvalue weighted by atomic mass is 10.0. The molecule has 3 nitrogen and oxygen atoms in total. The van der Waals surface area contributed by atoms with Gasteiger partial charge in [0.2, 0.25) is 0 Å². The van der Waals surface area contributed by atoms with E-state index in [1.807, 2.05) is 11.8 Å². The molecule has 1 atom stereocenters. The van der Waals surface area contributed by atoms with Crippen molar-refractivity contribution in [1.29, 1.82) is 0 Å². The van der Waals surface area contributed by atoms with Gasteiger partial charge in [0.1, 0.15) is 5.82 Å². The van der Waals surface area contributed by atoms with Crippen LogP contribution in [0.5, 0.6) is 0 Å². The number of nitrogens with zero attached hydrogens (tertiary/aromatic N) is 1. The van der Waals surface area contributed by atoms with Crippen molar-refractivity contribution in [1.82, 2.24) is 10.2 Å². The number of piperidine rings is 1. The Labute approximate surface area is 127 Å². The van der Waals surface area contributed by atoms with Crippen molar-refractivity contribution in [3.05, 3.63) is 34.1 Å². The summed E-state index contributed by atoms with van der Waals surface area (Å²) in [5.74, 6) is -0.390. The highest BCUT2D eigenvalue weighted by Crippen LogP contribution is 2.18. The molecule has 0 aromatic heterocycles. The molecule has 1 amide bonds. The van der Waals surface area contributed by atoms with Crippen molar-refractivity contribution in [3.63, 3.8) is 0 Å². The highest BCUT2D eigenvalue weighted by atomic mass is 79.9. The second kappa shape index (κ2) is 7.18. The van der Waals surface area contributed by atoms with E-state index in [4.69, 9.17) is 0 Å². The maximum absolute atomic E-state index is 13.2. The first-order chi connectivity index (χ1) is 9.61. The summed E-state index contributed by atoms with van der Waals surface area (Å²) in [7, 11) is 0. The van der Waals surface area contributed by atoms with Crippen LogP contribution >= 0.6 is 15.9 Å². The third-order valence-corrected chi connectivity index (χ3v) is 4.30. The first-order valence-corrected chi connectivity index (χ1v) is 7.89. The lowest BCUT2D eigenvalue weighted by molar-refractivity contribution is 0.0741. The predicted molar refractivity (Wildman–Crippen MR) is 81.3 cm³/mol. The number of nitrogens with one attached hydrogen (secondary N) is 1. The van der Waals surface area contributed by atoms with Crippen molar-refractivity contribution in [2.45, 2.75) is 32.2 Å². The minimum atomic E-state index is -0.349. The van der Waals surface area contributed by atoms with Gasteiger partial charge in [0.05, 0.1) is 4.47 Å². The fourth-order valence-electron chi connectivity index (χ4n) is 2.51. The van der Waals surface area contributed by atoms with E-state index in [0.29, 0.717) is 29.2 Å². The molecule has 110 valence electrons. The Balaban J connectivity index is 2.05. The van der Waals surface area contributed by atoms with Crippen LogP contribution in [-0.4, -0.2) is 36.5 Å². The molecule has 1 aromatic carbocycles. The van der Waals surface area contributed by atoms with Gasteiger partial charge in [-0.2, -0.15) is 0 Å². The van der Waals surface area contributed by atoms with Gasteiger partial charge in [-0.25, -0.2) is 4.39 Å². The summed E-state index contributed by atoms with van der Waals surface area (Å²) in [5, 5.41) is 3.45. The maximum atomic E-state index is 13.2. The Morgan fingerprint density at radius 3 is 2.90 bits per heavy atom. The third kappa shape index (κ3) is 3.79. The van der Waals surface area contributed by atoms with Crippen LogP contribution in [0.1, 0.15) is 36.5 Å². The lowest BCUT2D eigenvalue weighted by Crippen LogP contribution is -2.45. The molecular formula is C15H20BrFN2O. The second-order valence-electron chi connectivity index (χ2n) is 5.12. The zero-order valence-corrected chi connectivity index (χ0v) is 13.2. The minimum Gasteiger partial charge on any atom is -0.337 e. The number of hydrogen-bond donors (Lipinski definition) is 1. The van der Waals surface area contributed by atoms with Crippen LogP contribution < -0.4 is 5.32 Å². The van der Waals surface area contributed by atoms with Gasteiger partial charge in [0.15, 0.2) is 0 Å². The molecule has 20 heavy (non-hydrogen) atoms. The van der Waals surface area contributed by atoms with Gasteiger partial charge in [0, 0.05) is 24.7 Å². The Hall–Kier alpha value is -0.940. The quantitative estimate of drug-likeness (QED) is 0.911. The minimum absolute atomic E-state index is 0.0411. The van der Waals surface area contributed by atoms with Crippen LogP contribution in [-0.2, 0) is 0 Å². The first kappa shape index (κ1) is 15.4. The molecule has 0 radical (unpaired) electrons. The smallest absolute Gasteiger partial charge is 0.253 e. The number of carbonyl (C=O) groups excluding carboxylic acids is 1. The molecule has 5 heteroatoms. The van der Waals surface area contributed by atoms with E-state index in [2.05, 4.69) is 21.2 Å². The van der Waals surface area contributed by atoms with Crippen LogP contribution in [0.25, 0.3) is 0 Å². The largest absolute Gasteiger partial charge is 0.337 e. The SMILES string of the molecule is CCN(CC1CCCCN1)C(=O)c1ccc(F)c(Br)c1. The van der Waals surface area contributed by atoms with Crippen molar-refractivity contribution < 1.29 is 9.18 Å². The van der Waals surface area contributed by atoms with E-state index in [0.717, 1.165) is 13.0 Å². The Morgan fingerprint density at radius 2 is 2.30 bits per heavy atom. The van der Waals surface area contributed by atoms with Gasteiger partial charge in [-0.3, -0.25) is 4.79 Å². The zero-order chi connectivity index (χ0) is 14.5. The van der Waals surface area contributed by atoms with E-state index in [9.17, 15) is 9.18 Å². The van der Waals surface area contributed by atoms with Gasteiger partial charge < -0.3 is 10.2 Å². The highest BCUT2D eigenvalue weighted by molar-refractivity contribution is 9.10. The van der Waals surface area contributed by atoms with E-state index < -0.39 is 0 Å². The average Bonchev–Trinajstić information content (AvgIpc) is 2.48. The van der Waals surface area contributed by atoms with Crippen molar-refractivity contribution >= 4 is 21.8 Å². The summed E-state index contributed by atoms with van der Waals surface area (Å²) in [5.41, 5.74) is 0.524. The number of carbonyl (C=O) groups is 1. The van der Waals surface area contributed by atoms with Gasteiger partial charge in [-0.05, 0) is 60.4 Å². The van der Waals surface area contributed by atoms with Gasteiger partial charge in [-0.15, -0.1) is 0 Å². The van der Waals surface area contributed by atoms with Crippen LogP contribution in [0.3, 0.4) is 0 Å². The molecule has 0 saturated carbocycles. The monoisotopic (exact) mass is 342 g/mol. The number of hydrogen-bond acceptors (Lipinski definition) is 2. The summed E-state index contributed by atoms with van der Waals surface area (Å²) in [4.78, 5) is 14.3. The topological polar surface area (TPSA) is 32.3 Å². The molecule has 1 aromatic rings. The lowest BCUT2D eigenvalue weighted by Gasteiger charge is -2.30. The van der Waals surface area contributed by atoms with Gasteiger partial charge in [-0.1, -0.05) is 6.42 Å². The van der Waals surface area contributed by atoms with Crippen molar-refractivity contribution in [2.24, 2.45) is 0 Å². The fraction of sp³-hybridized carbons (Fsp3) is 0.533. The molecule has 1 N–H and O–H groups in total. The van der Waals surface area contributed by atoms with Crippen molar-refractivity contribution in [3.8, 4) is 0 Å². The van der Waals surface area contributed by atoms with E-state index in [1.165, 1.54) is 18.9 Å². The molecule has 0 aliphatic carbocycles. The van der Waals surface area contributed by atoms with E-state index in [-0.39, 0.29) is 11.7 Å². The van der Waals surface area contributed by atoms with E-state index in [1.54, 1.807) is 12.1 Å². The molecule has 1 heterocycles. The summed E-state index contributed by atoms with van der Waals surface area (Å²) in [6.45, 7) is 4.37. The van der Waals surface area contributed by atoms with Crippen molar-refractivity contribution in [2.75, 3.05) is 19.6 Å². The predicted octanol–water partition coefficient (Wildman–Crippen LogP) is 3.19. The molecule has 2 rings (SSSR count).